The molecule has 0 aliphatic carbocycles. The Balaban J connectivity index is 2.15. The largest absolute Gasteiger partial charge is 0.493 e. The van der Waals surface area contributed by atoms with Crippen LogP contribution in [-0.2, 0) is 11.0 Å². The second-order valence-electron chi connectivity index (χ2n) is 7.75. The van der Waals surface area contributed by atoms with Crippen molar-refractivity contribution in [3.63, 3.8) is 0 Å². The van der Waals surface area contributed by atoms with Crippen molar-refractivity contribution in [3.8, 4) is 17.2 Å². The summed E-state index contributed by atoms with van der Waals surface area (Å²) in [5, 5.41) is 8.95. The third-order valence-corrected chi connectivity index (χ3v) is 6.19. The molecule has 1 saturated heterocycles. The summed E-state index contributed by atoms with van der Waals surface area (Å²) in [6.45, 7) is 0.782. The van der Waals surface area contributed by atoms with Crippen molar-refractivity contribution in [2.24, 2.45) is 5.92 Å². The molecule has 1 N–H and O–H groups in total. The van der Waals surface area contributed by atoms with Crippen molar-refractivity contribution >= 4 is 17.6 Å². The minimum absolute atomic E-state index is 0.360. The van der Waals surface area contributed by atoms with Crippen LogP contribution in [0.3, 0.4) is 0 Å². The molecule has 1 heterocycles. The number of nitrogens with zero attached hydrogens (tertiary/aromatic N) is 1. The van der Waals surface area contributed by atoms with Crippen molar-refractivity contribution in [2.75, 3.05) is 34.4 Å². The summed E-state index contributed by atoms with van der Waals surface area (Å²) in [6.07, 6.45) is -3.85. The highest BCUT2D eigenvalue weighted by atomic mass is 35.5. The van der Waals surface area contributed by atoms with Crippen molar-refractivity contribution < 1.29 is 37.3 Å². The summed E-state index contributed by atoms with van der Waals surface area (Å²) in [6, 6.07) is 6.59. The van der Waals surface area contributed by atoms with Gasteiger partial charge in [-0.15, -0.1) is 0 Å². The number of likely N-dealkylation sites (tertiary alicyclic amines) is 1. The van der Waals surface area contributed by atoms with Gasteiger partial charge in [0.05, 0.1) is 43.9 Å². The summed E-state index contributed by atoms with van der Waals surface area (Å²) in [7, 11) is 4.37. The molecule has 0 saturated carbocycles. The number of carboxylic acids is 1. The maximum absolute atomic E-state index is 13.6. The zero-order valence-corrected chi connectivity index (χ0v) is 19.2. The third kappa shape index (κ3) is 5.30. The molecule has 10 heteroatoms. The Morgan fingerprint density at radius 1 is 1.03 bits per heavy atom. The van der Waals surface area contributed by atoms with Crippen molar-refractivity contribution in [1.82, 2.24) is 4.90 Å². The number of rotatable bonds is 7. The molecule has 0 aromatic heterocycles. The van der Waals surface area contributed by atoms with E-state index < -0.39 is 29.7 Å². The van der Waals surface area contributed by atoms with Crippen LogP contribution in [0.4, 0.5) is 13.2 Å². The highest BCUT2D eigenvalue weighted by molar-refractivity contribution is 6.31. The van der Waals surface area contributed by atoms with Crippen LogP contribution >= 0.6 is 11.6 Å². The predicted octanol–water partition coefficient (Wildman–Crippen LogP) is 5.27. The van der Waals surface area contributed by atoms with Gasteiger partial charge in [0.25, 0.3) is 0 Å². The molecule has 6 nitrogen and oxygen atoms in total. The Labute approximate surface area is 194 Å². The van der Waals surface area contributed by atoms with Crippen LogP contribution in [0.2, 0.25) is 5.02 Å². The number of hydrogen-bond donors (Lipinski definition) is 1. The second kappa shape index (κ2) is 10.1. The Kier molecular flexibility index (Phi) is 7.64. The number of benzene rings is 2. The van der Waals surface area contributed by atoms with Gasteiger partial charge in [-0.05, 0) is 61.3 Å². The topological polar surface area (TPSA) is 68.2 Å². The SMILES string of the molecule is COc1cc(C(c2ccc(Cl)c(C(F)(F)F)c2)N2CCC(C(=O)O)CC2)cc(OC)c1OC. The van der Waals surface area contributed by atoms with Crippen LogP contribution < -0.4 is 14.2 Å². The first kappa shape index (κ1) is 25.0. The maximum atomic E-state index is 13.6. The Bertz CT molecular complexity index is 981. The second-order valence-corrected chi connectivity index (χ2v) is 8.15. The standard InChI is InChI=1S/C23H25ClF3NO5/c1-31-18-11-15(12-19(32-2)21(18)33-3)20(28-8-6-13(7-9-28)22(29)30)14-4-5-17(24)16(10-14)23(25,26)27/h4-5,10-13,20H,6-9H2,1-3H3,(H,29,30). The number of halogens is 4. The van der Waals surface area contributed by atoms with Crippen molar-refractivity contribution in [3.05, 3.63) is 52.0 Å². The number of methoxy groups -OCH3 is 3. The van der Waals surface area contributed by atoms with Gasteiger partial charge in [-0.2, -0.15) is 13.2 Å². The highest BCUT2D eigenvalue weighted by Gasteiger charge is 2.36. The highest BCUT2D eigenvalue weighted by Crippen LogP contribution is 2.44. The van der Waals surface area contributed by atoms with Gasteiger partial charge in [0.1, 0.15) is 0 Å². The van der Waals surface area contributed by atoms with E-state index in [2.05, 4.69) is 0 Å². The third-order valence-electron chi connectivity index (χ3n) is 5.86. The van der Waals surface area contributed by atoms with E-state index in [1.807, 2.05) is 4.90 Å². The molecule has 2 aromatic rings. The van der Waals surface area contributed by atoms with Crippen LogP contribution in [0.15, 0.2) is 30.3 Å². The maximum Gasteiger partial charge on any atom is 0.417 e. The number of alkyl halides is 3. The van der Waals surface area contributed by atoms with E-state index in [4.69, 9.17) is 25.8 Å². The molecule has 1 fully saturated rings. The van der Waals surface area contributed by atoms with E-state index in [9.17, 15) is 23.1 Å². The predicted molar refractivity (Wildman–Crippen MR) is 116 cm³/mol. The molecule has 3 rings (SSSR count). The lowest BCUT2D eigenvalue weighted by Crippen LogP contribution is -2.39. The van der Waals surface area contributed by atoms with Gasteiger partial charge in [-0.3, -0.25) is 9.69 Å². The lowest BCUT2D eigenvalue weighted by molar-refractivity contribution is -0.143. The van der Waals surface area contributed by atoms with E-state index in [1.165, 1.54) is 27.4 Å². The first-order valence-electron chi connectivity index (χ1n) is 10.2. The molecule has 33 heavy (non-hydrogen) atoms. The van der Waals surface area contributed by atoms with Crippen molar-refractivity contribution in [1.29, 1.82) is 0 Å². The number of aliphatic carboxylic acids is 1. The molecule has 1 aliphatic rings. The summed E-state index contributed by atoms with van der Waals surface area (Å²) in [4.78, 5) is 13.4. The molecule has 1 atom stereocenters. The number of carbonyl (C=O) groups is 1. The monoisotopic (exact) mass is 487 g/mol. The zero-order chi connectivity index (χ0) is 24.3. The Morgan fingerprint density at radius 2 is 1.61 bits per heavy atom. The molecule has 1 aliphatic heterocycles. The lowest BCUT2D eigenvalue weighted by Gasteiger charge is -2.37. The lowest BCUT2D eigenvalue weighted by atomic mass is 9.90. The quantitative estimate of drug-likeness (QED) is 0.574. The van der Waals surface area contributed by atoms with Gasteiger partial charge in [-0.1, -0.05) is 17.7 Å². The molecule has 1 unspecified atom stereocenters. The van der Waals surface area contributed by atoms with Crippen LogP contribution in [0.5, 0.6) is 17.2 Å². The van der Waals surface area contributed by atoms with Crippen LogP contribution in [0.25, 0.3) is 0 Å². The van der Waals surface area contributed by atoms with Crippen LogP contribution in [0.1, 0.15) is 35.6 Å². The summed E-state index contributed by atoms with van der Waals surface area (Å²) in [5.41, 5.74) is 0.0584. The molecule has 0 amide bonds. The van der Waals surface area contributed by atoms with E-state index in [1.54, 1.807) is 18.2 Å². The Morgan fingerprint density at radius 3 is 2.06 bits per heavy atom. The smallest absolute Gasteiger partial charge is 0.417 e. The van der Waals surface area contributed by atoms with Gasteiger partial charge in [0, 0.05) is 0 Å². The Hall–Kier alpha value is -2.65. The average Bonchev–Trinajstić information content (AvgIpc) is 2.79. The van der Waals surface area contributed by atoms with Gasteiger partial charge in [0.2, 0.25) is 5.75 Å². The van der Waals surface area contributed by atoms with E-state index in [0.29, 0.717) is 54.3 Å². The van der Waals surface area contributed by atoms with Gasteiger partial charge >= 0.3 is 12.1 Å². The molecule has 0 radical (unpaired) electrons. The van der Waals surface area contributed by atoms with Gasteiger partial charge < -0.3 is 19.3 Å². The van der Waals surface area contributed by atoms with Crippen molar-refractivity contribution in [2.45, 2.75) is 25.1 Å². The number of piperidine rings is 1. The van der Waals surface area contributed by atoms with E-state index in [0.717, 1.165) is 6.07 Å². The van der Waals surface area contributed by atoms with E-state index >= 15 is 0 Å². The zero-order valence-electron chi connectivity index (χ0n) is 18.4. The van der Waals surface area contributed by atoms with E-state index in [-0.39, 0.29) is 5.02 Å². The summed E-state index contributed by atoms with van der Waals surface area (Å²) < 4.78 is 57.0. The first-order valence-corrected chi connectivity index (χ1v) is 10.6. The first-order chi connectivity index (χ1) is 15.6. The number of carboxylic acid groups (broad SMARTS) is 1. The molecule has 2 aromatic carbocycles. The molecular formula is C23H25ClF3NO5. The minimum atomic E-state index is -4.62. The molecular weight excluding hydrogens is 463 g/mol. The molecule has 180 valence electrons. The fourth-order valence-corrected chi connectivity index (χ4v) is 4.43. The molecule has 0 bridgehead atoms. The fraction of sp³-hybridized carbons (Fsp3) is 0.435. The van der Waals surface area contributed by atoms with Crippen LogP contribution in [-0.4, -0.2) is 50.4 Å². The normalized spacial score (nSPS) is 16.3. The minimum Gasteiger partial charge on any atom is -0.493 e. The fourth-order valence-electron chi connectivity index (χ4n) is 4.21. The summed E-state index contributed by atoms with van der Waals surface area (Å²) in [5.74, 6) is -0.272. The summed E-state index contributed by atoms with van der Waals surface area (Å²) >= 11 is 5.85. The number of ether oxygens (including phenoxy) is 3. The van der Waals surface area contributed by atoms with Gasteiger partial charge in [0.15, 0.2) is 11.5 Å². The molecule has 0 spiro atoms. The van der Waals surface area contributed by atoms with Gasteiger partial charge in [-0.25, -0.2) is 0 Å². The number of hydrogen-bond acceptors (Lipinski definition) is 5. The van der Waals surface area contributed by atoms with Crippen LogP contribution in [0, 0.1) is 5.92 Å². The average molecular weight is 488 g/mol.